The number of hydrogen-bond acceptors (Lipinski definition) is 2. The van der Waals surface area contributed by atoms with Crippen molar-refractivity contribution >= 4 is 5.91 Å². The second-order valence-corrected chi connectivity index (χ2v) is 2.99. The summed E-state index contributed by atoms with van der Waals surface area (Å²) in [5.41, 5.74) is 5.58. The van der Waals surface area contributed by atoms with E-state index in [-0.39, 0.29) is 17.9 Å². The molecule has 0 aromatic rings. The average molecular weight is 126 g/mol. The molecule has 1 aliphatic carbocycles. The summed E-state index contributed by atoms with van der Waals surface area (Å²) in [6.07, 6.45) is 0. The predicted molar refractivity (Wildman–Crippen MR) is 32.6 cm³/mol. The maximum Gasteiger partial charge on any atom is 0.227 e. The van der Waals surface area contributed by atoms with Gasteiger partial charge in [-0.15, -0.1) is 0 Å². The lowest BCUT2D eigenvalue weighted by atomic mass is 10.4. The molecule has 0 bridgehead atoms. The van der Waals surface area contributed by atoms with E-state index in [0.717, 1.165) is 6.54 Å². The number of carbonyl (C=O) groups excluding carboxylic acids is 1. The van der Waals surface area contributed by atoms with Crippen LogP contribution in [-0.4, -0.2) is 30.4 Å². The van der Waals surface area contributed by atoms with Crippen molar-refractivity contribution in [3.8, 4) is 0 Å². The van der Waals surface area contributed by atoms with Crippen molar-refractivity contribution < 1.29 is 4.79 Å². The molecule has 1 amide bonds. The normalized spacial score (nSPS) is 47.6. The minimum Gasteiger partial charge on any atom is -0.345 e. The first-order valence-corrected chi connectivity index (χ1v) is 3.22. The summed E-state index contributed by atoms with van der Waals surface area (Å²) >= 11 is 0. The minimum absolute atomic E-state index is 0.189. The quantitative estimate of drug-likeness (QED) is 0.454. The molecule has 0 radical (unpaired) electrons. The van der Waals surface area contributed by atoms with Crippen molar-refractivity contribution in [2.24, 2.45) is 17.6 Å². The first-order chi connectivity index (χ1) is 4.22. The fourth-order valence-corrected chi connectivity index (χ4v) is 1.64. The number of amides is 1. The van der Waals surface area contributed by atoms with Gasteiger partial charge in [0, 0.05) is 25.6 Å². The van der Waals surface area contributed by atoms with Crippen molar-refractivity contribution in [3.63, 3.8) is 0 Å². The second-order valence-electron chi connectivity index (χ2n) is 2.99. The fourth-order valence-electron chi connectivity index (χ4n) is 1.64. The summed E-state index contributed by atoms with van der Waals surface area (Å²) in [5, 5.41) is 0. The van der Waals surface area contributed by atoms with Crippen LogP contribution in [0, 0.1) is 11.8 Å². The standard InChI is InChI=1S/C6H10N2O/c1-8-2-3-4(5(3)7)6(8)9/h3-5H,2,7H2,1H3. The smallest absolute Gasteiger partial charge is 0.227 e. The molecule has 2 N–H and O–H groups in total. The predicted octanol–water partition coefficient (Wildman–Crippen LogP) is -0.968. The lowest BCUT2D eigenvalue weighted by Gasteiger charge is -2.10. The molecule has 2 rings (SSSR count). The Bertz CT molecular complexity index is 168. The highest BCUT2D eigenvalue weighted by molar-refractivity contribution is 5.85. The largest absolute Gasteiger partial charge is 0.345 e. The Labute approximate surface area is 53.8 Å². The van der Waals surface area contributed by atoms with E-state index in [1.54, 1.807) is 4.90 Å². The SMILES string of the molecule is CN1CC2C(N)C2C1=O. The summed E-state index contributed by atoms with van der Waals surface area (Å²) < 4.78 is 0. The molecular weight excluding hydrogens is 116 g/mol. The monoisotopic (exact) mass is 126 g/mol. The number of carbonyl (C=O) groups is 1. The van der Waals surface area contributed by atoms with Crippen LogP contribution in [0.2, 0.25) is 0 Å². The number of hydrogen-bond donors (Lipinski definition) is 1. The molecule has 3 atom stereocenters. The summed E-state index contributed by atoms with van der Waals surface area (Å²) in [7, 11) is 1.83. The van der Waals surface area contributed by atoms with Gasteiger partial charge < -0.3 is 10.6 Å². The van der Waals surface area contributed by atoms with E-state index in [1.165, 1.54) is 0 Å². The third kappa shape index (κ3) is 0.477. The maximum atomic E-state index is 11.0. The molecule has 1 aliphatic heterocycles. The number of nitrogens with zero attached hydrogens (tertiary/aromatic N) is 1. The minimum atomic E-state index is 0.189. The van der Waals surface area contributed by atoms with E-state index in [1.807, 2.05) is 7.05 Å². The van der Waals surface area contributed by atoms with Gasteiger partial charge in [-0.1, -0.05) is 0 Å². The zero-order valence-electron chi connectivity index (χ0n) is 5.37. The van der Waals surface area contributed by atoms with Crippen LogP contribution >= 0.6 is 0 Å². The number of nitrogens with two attached hydrogens (primary N) is 1. The van der Waals surface area contributed by atoms with Gasteiger partial charge in [0.1, 0.15) is 0 Å². The van der Waals surface area contributed by atoms with Crippen LogP contribution in [0.3, 0.4) is 0 Å². The van der Waals surface area contributed by atoms with E-state index in [0.29, 0.717) is 5.92 Å². The van der Waals surface area contributed by atoms with Crippen LogP contribution in [0.1, 0.15) is 0 Å². The van der Waals surface area contributed by atoms with Crippen molar-refractivity contribution in [2.75, 3.05) is 13.6 Å². The maximum absolute atomic E-state index is 11.0. The highest BCUT2D eigenvalue weighted by Crippen LogP contribution is 2.43. The zero-order valence-corrected chi connectivity index (χ0v) is 5.37. The Morgan fingerprint density at radius 1 is 1.78 bits per heavy atom. The third-order valence-electron chi connectivity index (χ3n) is 2.38. The summed E-state index contributed by atoms with van der Waals surface area (Å²) in [6, 6.07) is 0.189. The van der Waals surface area contributed by atoms with Crippen LogP contribution in [0.5, 0.6) is 0 Å². The fraction of sp³-hybridized carbons (Fsp3) is 0.833. The summed E-state index contributed by atoms with van der Waals surface area (Å²) in [6.45, 7) is 0.880. The highest BCUT2D eigenvalue weighted by atomic mass is 16.2. The van der Waals surface area contributed by atoms with Crippen molar-refractivity contribution in [1.29, 1.82) is 0 Å². The molecule has 9 heavy (non-hydrogen) atoms. The third-order valence-corrected chi connectivity index (χ3v) is 2.38. The molecule has 0 aromatic carbocycles. The van der Waals surface area contributed by atoms with Crippen LogP contribution in [0.15, 0.2) is 0 Å². The van der Waals surface area contributed by atoms with Crippen molar-refractivity contribution in [1.82, 2.24) is 4.90 Å². The highest BCUT2D eigenvalue weighted by Gasteiger charge is 2.58. The molecule has 3 unspecified atom stereocenters. The molecule has 2 aliphatic rings. The first kappa shape index (κ1) is 5.23. The molecule has 3 nitrogen and oxygen atoms in total. The van der Waals surface area contributed by atoms with Gasteiger partial charge in [0.15, 0.2) is 0 Å². The Balaban J connectivity index is 2.16. The van der Waals surface area contributed by atoms with E-state index < -0.39 is 0 Å². The van der Waals surface area contributed by atoms with E-state index >= 15 is 0 Å². The Hall–Kier alpha value is -0.570. The second kappa shape index (κ2) is 1.29. The molecular formula is C6H10N2O. The van der Waals surface area contributed by atoms with Gasteiger partial charge in [-0.3, -0.25) is 4.79 Å². The molecule has 0 spiro atoms. The Kier molecular flexibility index (Phi) is 0.750. The van der Waals surface area contributed by atoms with Gasteiger partial charge in [-0.25, -0.2) is 0 Å². The molecule has 1 saturated carbocycles. The number of fused-ring (bicyclic) bond motifs is 1. The molecule has 3 heteroatoms. The number of likely N-dealkylation sites (tertiary alicyclic amines) is 1. The molecule has 0 aromatic heterocycles. The topological polar surface area (TPSA) is 46.3 Å². The van der Waals surface area contributed by atoms with Gasteiger partial charge >= 0.3 is 0 Å². The first-order valence-electron chi connectivity index (χ1n) is 3.22. The van der Waals surface area contributed by atoms with Gasteiger partial charge in [-0.2, -0.15) is 0 Å². The lowest BCUT2D eigenvalue weighted by Crippen LogP contribution is -2.29. The van der Waals surface area contributed by atoms with Crippen LogP contribution in [0.25, 0.3) is 0 Å². The van der Waals surface area contributed by atoms with E-state index in [9.17, 15) is 4.79 Å². The van der Waals surface area contributed by atoms with Crippen molar-refractivity contribution in [2.45, 2.75) is 6.04 Å². The van der Waals surface area contributed by atoms with Crippen LogP contribution < -0.4 is 5.73 Å². The molecule has 1 heterocycles. The Morgan fingerprint density at radius 3 is 2.78 bits per heavy atom. The number of rotatable bonds is 0. The summed E-state index contributed by atoms with van der Waals surface area (Å²) in [4.78, 5) is 12.8. The van der Waals surface area contributed by atoms with Crippen LogP contribution in [0.4, 0.5) is 0 Å². The van der Waals surface area contributed by atoms with Gasteiger partial charge in [0.2, 0.25) is 5.91 Å². The molecule has 50 valence electrons. The lowest BCUT2D eigenvalue weighted by molar-refractivity contribution is -0.128. The van der Waals surface area contributed by atoms with Gasteiger partial charge in [-0.05, 0) is 0 Å². The van der Waals surface area contributed by atoms with Crippen LogP contribution in [-0.2, 0) is 4.79 Å². The number of piperidine rings is 1. The van der Waals surface area contributed by atoms with E-state index in [2.05, 4.69) is 0 Å². The molecule has 1 saturated heterocycles. The molecule has 2 fully saturated rings. The van der Waals surface area contributed by atoms with Gasteiger partial charge in [0.25, 0.3) is 0 Å². The summed E-state index contributed by atoms with van der Waals surface area (Å²) in [5.74, 6) is 0.921. The van der Waals surface area contributed by atoms with Crippen molar-refractivity contribution in [3.05, 3.63) is 0 Å². The Morgan fingerprint density at radius 2 is 2.44 bits per heavy atom. The average Bonchev–Trinajstić information content (AvgIpc) is 2.29. The zero-order chi connectivity index (χ0) is 6.59. The van der Waals surface area contributed by atoms with E-state index in [4.69, 9.17) is 5.73 Å². The van der Waals surface area contributed by atoms with Gasteiger partial charge in [0.05, 0.1) is 5.92 Å².